The van der Waals surface area contributed by atoms with Gasteiger partial charge in [0, 0.05) is 6.20 Å². The monoisotopic (exact) mass is 226 g/mol. The lowest BCUT2D eigenvalue weighted by molar-refractivity contribution is 0.599. The molecule has 2 aromatic rings. The van der Waals surface area contributed by atoms with Crippen LogP contribution in [0, 0.1) is 19.7 Å². The Kier molecular flexibility index (Phi) is 2.40. The molecule has 0 amide bonds. The molecular weight excluding hydrogens is 219 g/mol. The molecule has 0 aliphatic heterocycles. The van der Waals surface area contributed by atoms with Gasteiger partial charge in [-0.2, -0.15) is 4.98 Å². The van der Waals surface area contributed by atoms with E-state index in [1.54, 1.807) is 13.1 Å². The minimum atomic E-state index is -0.528. The van der Waals surface area contributed by atoms with Crippen LogP contribution in [0.1, 0.15) is 11.5 Å². The molecule has 78 valence electrons. The van der Waals surface area contributed by atoms with Crippen LogP contribution in [0.2, 0.25) is 5.28 Å². The van der Waals surface area contributed by atoms with Crippen LogP contribution in [0.5, 0.6) is 0 Å². The summed E-state index contributed by atoms with van der Waals surface area (Å²) in [6, 6.07) is 0. The van der Waals surface area contributed by atoms with Crippen molar-refractivity contribution in [3.63, 3.8) is 0 Å². The summed E-state index contributed by atoms with van der Waals surface area (Å²) in [6.45, 7) is 3.59. The van der Waals surface area contributed by atoms with E-state index in [4.69, 9.17) is 11.6 Å². The third kappa shape index (κ3) is 1.83. The first-order valence-electron chi connectivity index (χ1n) is 4.29. The molecule has 0 radical (unpaired) electrons. The molecule has 0 fully saturated rings. The maximum atomic E-state index is 13.4. The van der Waals surface area contributed by atoms with E-state index in [-0.39, 0.29) is 11.1 Å². The third-order valence-corrected chi connectivity index (χ3v) is 2.11. The maximum Gasteiger partial charge on any atom is 0.224 e. The van der Waals surface area contributed by atoms with Crippen molar-refractivity contribution in [2.24, 2.45) is 0 Å². The number of hydrogen-bond acceptors (Lipinski definition) is 3. The van der Waals surface area contributed by atoms with Crippen molar-refractivity contribution in [1.29, 1.82) is 0 Å². The molecular formula is C9H8ClFN4. The van der Waals surface area contributed by atoms with Crippen LogP contribution in [-0.2, 0) is 0 Å². The van der Waals surface area contributed by atoms with Crippen molar-refractivity contribution < 1.29 is 4.39 Å². The minimum absolute atomic E-state index is 0.0113. The van der Waals surface area contributed by atoms with Gasteiger partial charge in [0.05, 0.1) is 11.9 Å². The second-order valence-electron chi connectivity index (χ2n) is 3.11. The first-order valence-corrected chi connectivity index (χ1v) is 4.66. The van der Waals surface area contributed by atoms with Crippen LogP contribution >= 0.6 is 11.6 Å². The second-order valence-corrected chi connectivity index (χ2v) is 3.45. The number of halogens is 2. The minimum Gasteiger partial charge on any atom is -0.285 e. The van der Waals surface area contributed by atoms with Crippen molar-refractivity contribution in [1.82, 2.24) is 19.5 Å². The van der Waals surface area contributed by atoms with E-state index >= 15 is 0 Å². The lowest BCUT2D eigenvalue weighted by Crippen LogP contribution is -2.03. The highest BCUT2D eigenvalue weighted by atomic mass is 35.5. The van der Waals surface area contributed by atoms with Gasteiger partial charge in [0.15, 0.2) is 11.6 Å². The second kappa shape index (κ2) is 3.58. The highest BCUT2D eigenvalue weighted by Gasteiger charge is 2.11. The van der Waals surface area contributed by atoms with E-state index in [0.29, 0.717) is 5.82 Å². The lowest BCUT2D eigenvalue weighted by atomic mass is 10.5. The van der Waals surface area contributed by atoms with Crippen molar-refractivity contribution in [3.05, 3.63) is 35.0 Å². The van der Waals surface area contributed by atoms with Crippen LogP contribution in [-0.4, -0.2) is 19.5 Å². The van der Waals surface area contributed by atoms with Gasteiger partial charge in [-0.15, -0.1) is 0 Å². The number of rotatable bonds is 1. The number of aryl methyl sites for hydroxylation is 2. The molecule has 2 rings (SSSR count). The summed E-state index contributed by atoms with van der Waals surface area (Å²) in [4.78, 5) is 11.5. The molecule has 0 bridgehead atoms. The van der Waals surface area contributed by atoms with Gasteiger partial charge in [-0.3, -0.25) is 4.57 Å². The van der Waals surface area contributed by atoms with E-state index in [0.717, 1.165) is 11.9 Å². The Labute approximate surface area is 90.8 Å². The quantitative estimate of drug-likeness (QED) is 0.700. The summed E-state index contributed by atoms with van der Waals surface area (Å²) in [6.07, 6.45) is 2.73. The number of nitrogens with zero attached hydrogens (tertiary/aromatic N) is 4. The fourth-order valence-corrected chi connectivity index (χ4v) is 1.47. The van der Waals surface area contributed by atoms with Gasteiger partial charge in [0.1, 0.15) is 5.82 Å². The molecule has 0 aromatic carbocycles. The van der Waals surface area contributed by atoms with Gasteiger partial charge in [-0.1, -0.05) is 0 Å². The number of aromatic nitrogens is 4. The molecule has 0 N–H and O–H groups in total. The summed E-state index contributed by atoms with van der Waals surface area (Å²) in [5, 5.41) is 0.0113. The molecule has 0 aliphatic carbocycles. The predicted octanol–water partition coefficient (Wildman–Crippen LogP) is 2.07. The summed E-state index contributed by atoms with van der Waals surface area (Å²) < 4.78 is 15.0. The lowest BCUT2D eigenvalue weighted by Gasteiger charge is -2.04. The normalized spacial score (nSPS) is 10.7. The number of imidazole rings is 1. The van der Waals surface area contributed by atoms with Crippen LogP contribution in [0.15, 0.2) is 12.4 Å². The van der Waals surface area contributed by atoms with Crippen molar-refractivity contribution in [2.45, 2.75) is 13.8 Å². The fraction of sp³-hybridized carbons (Fsp3) is 0.222. The summed E-state index contributed by atoms with van der Waals surface area (Å²) >= 11 is 5.60. The fourth-order valence-electron chi connectivity index (χ4n) is 1.34. The third-order valence-electron chi connectivity index (χ3n) is 1.93. The zero-order valence-corrected chi connectivity index (χ0v) is 8.96. The standard InChI is InChI=1S/C9H8ClFN4/c1-5-4-15(6(2)13-5)8-7(11)3-12-9(10)14-8/h3-4H,1-2H3. The summed E-state index contributed by atoms with van der Waals surface area (Å²) in [7, 11) is 0. The Morgan fingerprint density at radius 3 is 2.67 bits per heavy atom. The van der Waals surface area contributed by atoms with Crippen LogP contribution < -0.4 is 0 Å². The van der Waals surface area contributed by atoms with Gasteiger partial charge in [0.2, 0.25) is 5.28 Å². The highest BCUT2D eigenvalue weighted by molar-refractivity contribution is 6.28. The molecule has 0 saturated heterocycles. The Hall–Kier alpha value is -1.49. The molecule has 0 saturated carbocycles. The van der Waals surface area contributed by atoms with Crippen LogP contribution in [0.25, 0.3) is 5.82 Å². The summed E-state index contributed by atoms with van der Waals surface area (Å²) in [5.41, 5.74) is 0.793. The largest absolute Gasteiger partial charge is 0.285 e. The Bertz CT molecular complexity index is 509. The van der Waals surface area contributed by atoms with E-state index < -0.39 is 5.82 Å². The molecule has 0 unspecified atom stereocenters. The summed E-state index contributed by atoms with van der Waals surface area (Å²) in [5.74, 6) is 0.245. The molecule has 4 nitrogen and oxygen atoms in total. The molecule has 0 atom stereocenters. The number of hydrogen-bond donors (Lipinski definition) is 0. The highest BCUT2D eigenvalue weighted by Crippen LogP contribution is 2.14. The van der Waals surface area contributed by atoms with Gasteiger partial charge in [-0.25, -0.2) is 14.4 Å². The Morgan fingerprint density at radius 2 is 2.07 bits per heavy atom. The Balaban J connectivity index is 2.62. The van der Waals surface area contributed by atoms with Gasteiger partial charge >= 0.3 is 0 Å². The zero-order valence-electron chi connectivity index (χ0n) is 8.20. The van der Waals surface area contributed by atoms with Gasteiger partial charge in [0.25, 0.3) is 0 Å². The topological polar surface area (TPSA) is 43.6 Å². The first-order chi connectivity index (χ1) is 7.08. The van der Waals surface area contributed by atoms with E-state index in [9.17, 15) is 4.39 Å². The smallest absolute Gasteiger partial charge is 0.224 e. The van der Waals surface area contributed by atoms with E-state index in [2.05, 4.69) is 15.0 Å². The van der Waals surface area contributed by atoms with Gasteiger partial charge < -0.3 is 0 Å². The zero-order chi connectivity index (χ0) is 11.0. The Morgan fingerprint density at radius 1 is 1.33 bits per heavy atom. The average Bonchev–Trinajstić information content (AvgIpc) is 2.50. The molecule has 2 heterocycles. The van der Waals surface area contributed by atoms with E-state index in [1.165, 1.54) is 4.57 Å². The van der Waals surface area contributed by atoms with Crippen LogP contribution in [0.4, 0.5) is 4.39 Å². The average molecular weight is 227 g/mol. The van der Waals surface area contributed by atoms with Crippen molar-refractivity contribution in [2.75, 3.05) is 0 Å². The molecule has 0 spiro atoms. The van der Waals surface area contributed by atoms with Crippen molar-refractivity contribution >= 4 is 11.6 Å². The molecule has 6 heteroatoms. The predicted molar refractivity (Wildman–Crippen MR) is 53.6 cm³/mol. The van der Waals surface area contributed by atoms with E-state index in [1.807, 2.05) is 6.92 Å². The van der Waals surface area contributed by atoms with Crippen molar-refractivity contribution in [3.8, 4) is 5.82 Å². The van der Waals surface area contributed by atoms with Gasteiger partial charge in [-0.05, 0) is 25.4 Å². The molecule has 2 aromatic heterocycles. The molecule has 15 heavy (non-hydrogen) atoms. The molecule has 0 aliphatic rings. The van der Waals surface area contributed by atoms with Crippen LogP contribution in [0.3, 0.4) is 0 Å². The first kappa shape index (κ1) is 10.0. The maximum absolute atomic E-state index is 13.4. The SMILES string of the molecule is Cc1cn(-c2nc(Cl)ncc2F)c(C)n1.